The van der Waals surface area contributed by atoms with Gasteiger partial charge in [0.15, 0.2) is 0 Å². The SMILES string of the molecule is CCCN(CC)Cc1ccc(C(=O)N2C(C(=O)O)CC3CCCCC32)cc1. The lowest BCUT2D eigenvalue weighted by molar-refractivity contribution is -0.141. The molecule has 2 aliphatic rings. The Balaban J connectivity index is 1.74. The predicted molar refractivity (Wildman–Crippen MR) is 106 cm³/mol. The molecule has 5 heteroatoms. The summed E-state index contributed by atoms with van der Waals surface area (Å²) in [6.07, 6.45) is 5.93. The first-order valence-electron chi connectivity index (χ1n) is 10.4. The number of carbonyl (C=O) groups is 2. The van der Waals surface area contributed by atoms with E-state index in [1.807, 2.05) is 24.3 Å². The van der Waals surface area contributed by atoms with E-state index in [-0.39, 0.29) is 11.9 Å². The molecule has 148 valence electrons. The van der Waals surface area contributed by atoms with E-state index in [0.717, 1.165) is 51.7 Å². The van der Waals surface area contributed by atoms with Crippen LogP contribution in [-0.2, 0) is 11.3 Å². The quantitative estimate of drug-likeness (QED) is 0.791. The van der Waals surface area contributed by atoms with Crippen LogP contribution in [0.3, 0.4) is 0 Å². The zero-order chi connectivity index (χ0) is 19.4. The van der Waals surface area contributed by atoms with Crippen molar-refractivity contribution < 1.29 is 14.7 Å². The molecule has 1 amide bonds. The number of hydrogen-bond acceptors (Lipinski definition) is 3. The molecular formula is C22H32N2O3. The van der Waals surface area contributed by atoms with Crippen molar-refractivity contribution in [2.45, 2.75) is 71.0 Å². The molecular weight excluding hydrogens is 340 g/mol. The summed E-state index contributed by atoms with van der Waals surface area (Å²) in [5.74, 6) is -0.646. The smallest absolute Gasteiger partial charge is 0.326 e. The molecule has 1 saturated heterocycles. The Labute approximate surface area is 162 Å². The van der Waals surface area contributed by atoms with E-state index in [2.05, 4.69) is 18.7 Å². The molecule has 1 aromatic carbocycles. The zero-order valence-corrected chi connectivity index (χ0v) is 16.6. The molecule has 0 bridgehead atoms. The van der Waals surface area contributed by atoms with Crippen LogP contribution in [-0.4, -0.2) is 52.0 Å². The number of carboxylic acid groups (broad SMARTS) is 1. The summed E-state index contributed by atoms with van der Waals surface area (Å²) in [4.78, 5) is 29.0. The topological polar surface area (TPSA) is 60.9 Å². The van der Waals surface area contributed by atoms with E-state index < -0.39 is 12.0 Å². The maximum absolute atomic E-state index is 13.2. The molecule has 1 aliphatic carbocycles. The molecule has 3 rings (SSSR count). The number of aliphatic carboxylic acids is 1. The van der Waals surface area contributed by atoms with Crippen LogP contribution in [0.15, 0.2) is 24.3 Å². The number of rotatable bonds is 7. The van der Waals surface area contributed by atoms with Gasteiger partial charge in [0.2, 0.25) is 0 Å². The standard InChI is InChI=1S/C22H32N2O3/c1-3-13-23(4-2)15-16-9-11-17(12-10-16)21(25)24-19-8-6-5-7-18(19)14-20(24)22(26)27/h9-12,18-20H,3-8,13-15H2,1-2H3,(H,26,27). The van der Waals surface area contributed by atoms with Gasteiger partial charge in [-0.3, -0.25) is 9.69 Å². The summed E-state index contributed by atoms with van der Waals surface area (Å²) < 4.78 is 0. The summed E-state index contributed by atoms with van der Waals surface area (Å²) in [5, 5.41) is 9.65. The van der Waals surface area contributed by atoms with Crippen molar-refractivity contribution in [2.75, 3.05) is 13.1 Å². The molecule has 2 fully saturated rings. The normalized spacial score (nSPS) is 24.9. The first kappa shape index (κ1) is 19.9. The maximum atomic E-state index is 13.2. The minimum absolute atomic E-state index is 0.0900. The Hall–Kier alpha value is -1.88. The predicted octanol–water partition coefficient (Wildman–Crippen LogP) is 3.78. The Morgan fingerprint density at radius 1 is 1.15 bits per heavy atom. The lowest BCUT2D eigenvalue weighted by Gasteiger charge is -2.33. The average Bonchev–Trinajstić information content (AvgIpc) is 3.07. The molecule has 1 N–H and O–H groups in total. The van der Waals surface area contributed by atoms with Crippen LogP contribution >= 0.6 is 0 Å². The van der Waals surface area contributed by atoms with Gasteiger partial charge in [-0.25, -0.2) is 4.79 Å². The third-order valence-electron chi connectivity index (χ3n) is 6.20. The van der Waals surface area contributed by atoms with Crippen LogP contribution in [0, 0.1) is 5.92 Å². The van der Waals surface area contributed by atoms with Crippen molar-refractivity contribution in [1.82, 2.24) is 9.80 Å². The highest BCUT2D eigenvalue weighted by atomic mass is 16.4. The van der Waals surface area contributed by atoms with E-state index in [1.54, 1.807) is 4.90 Å². The van der Waals surface area contributed by atoms with Crippen LogP contribution in [0.25, 0.3) is 0 Å². The van der Waals surface area contributed by atoms with Gasteiger partial charge in [0.25, 0.3) is 5.91 Å². The van der Waals surface area contributed by atoms with Gasteiger partial charge in [-0.05, 0) is 62.4 Å². The zero-order valence-electron chi connectivity index (χ0n) is 16.6. The van der Waals surface area contributed by atoms with Crippen LogP contribution in [0.5, 0.6) is 0 Å². The van der Waals surface area contributed by atoms with E-state index in [9.17, 15) is 14.7 Å². The fourth-order valence-electron chi connectivity index (χ4n) is 4.80. The van der Waals surface area contributed by atoms with E-state index in [1.165, 1.54) is 5.56 Å². The van der Waals surface area contributed by atoms with Crippen LogP contribution < -0.4 is 0 Å². The van der Waals surface area contributed by atoms with Crippen LogP contribution in [0.1, 0.15) is 68.3 Å². The molecule has 5 nitrogen and oxygen atoms in total. The van der Waals surface area contributed by atoms with Crippen molar-refractivity contribution >= 4 is 11.9 Å². The molecule has 27 heavy (non-hydrogen) atoms. The van der Waals surface area contributed by atoms with Gasteiger partial charge < -0.3 is 10.0 Å². The highest BCUT2D eigenvalue weighted by Crippen LogP contribution is 2.40. The molecule has 1 heterocycles. The number of hydrogen-bond donors (Lipinski definition) is 1. The minimum atomic E-state index is -0.868. The molecule has 3 unspecified atom stereocenters. The second kappa shape index (κ2) is 8.87. The Morgan fingerprint density at radius 2 is 1.85 bits per heavy atom. The first-order chi connectivity index (χ1) is 13.0. The van der Waals surface area contributed by atoms with Gasteiger partial charge in [-0.2, -0.15) is 0 Å². The van der Waals surface area contributed by atoms with Crippen molar-refractivity contribution in [3.05, 3.63) is 35.4 Å². The van der Waals surface area contributed by atoms with Gasteiger partial charge in [0, 0.05) is 18.2 Å². The Morgan fingerprint density at radius 3 is 2.48 bits per heavy atom. The van der Waals surface area contributed by atoms with Gasteiger partial charge in [0.05, 0.1) is 0 Å². The Bertz CT molecular complexity index is 658. The van der Waals surface area contributed by atoms with Gasteiger partial charge in [-0.1, -0.05) is 38.8 Å². The number of amides is 1. The highest BCUT2D eigenvalue weighted by Gasteiger charge is 2.47. The van der Waals surface area contributed by atoms with E-state index in [4.69, 9.17) is 0 Å². The molecule has 1 aromatic rings. The average molecular weight is 373 g/mol. The summed E-state index contributed by atoms with van der Waals surface area (Å²) >= 11 is 0. The summed E-state index contributed by atoms with van der Waals surface area (Å²) in [7, 11) is 0. The van der Waals surface area contributed by atoms with Crippen LogP contribution in [0.2, 0.25) is 0 Å². The number of fused-ring (bicyclic) bond motifs is 1. The third-order valence-corrected chi connectivity index (χ3v) is 6.20. The molecule has 1 aliphatic heterocycles. The fraction of sp³-hybridized carbons (Fsp3) is 0.636. The van der Waals surface area contributed by atoms with Crippen molar-refractivity contribution in [3.8, 4) is 0 Å². The molecule has 1 saturated carbocycles. The number of benzene rings is 1. The number of carboxylic acids is 1. The van der Waals surface area contributed by atoms with Gasteiger partial charge in [0.1, 0.15) is 6.04 Å². The summed E-state index contributed by atoms with van der Waals surface area (Å²) in [5.41, 5.74) is 1.79. The van der Waals surface area contributed by atoms with Crippen LogP contribution in [0.4, 0.5) is 0 Å². The number of likely N-dealkylation sites (tertiary alicyclic amines) is 1. The lowest BCUT2D eigenvalue weighted by Crippen LogP contribution is -2.46. The second-order valence-corrected chi connectivity index (χ2v) is 7.98. The van der Waals surface area contributed by atoms with E-state index >= 15 is 0 Å². The molecule has 0 aromatic heterocycles. The van der Waals surface area contributed by atoms with Gasteiger partial charge >= 0.3 is 5.97 Å². The molecule has 3 atom stereocenters. The largest absolute Gasteiger partial charge is 0.480 e. The second-order valence-electron chi connectivity index (χ2n) is 7.98. The number of carbonyl (C=O) groups excluding carboxylic acids is 1. The third kappa shape index (κ3) is 4.34. The highest BCUT2D eigenvalue weighted by molar-refractivity contribution is 5.97. The van der Waals surface area contributed by atoms with Gasteiger partial charge in [-0.15, -0.1) is 0 Å². The van der Waals surface area contributed by atoms with E-state index in [0.29, 0.717) is 17.9 Å². The summed E-state index contributed by atoms with van der Waals surface area (Å²) in [6, 6.07) is 7.17. The molecule has 0 radical (unpaired) electrons. The lowest BCUT2D eigenvalue weighted by atomic mass is 9.84. The Kier molecular flexibility index (Phi) is 6.53. The molecule has 0 spiro atoms. The summed E-state index contributed by atoms with van der Waals surface area (Å²) in [6.45, 7) is 7.29. The van der Waals surface area contributed by atoms with Crippen molar-refractivity contribution in [1.29, 1.82) is 0 Å². The number of nitrogens with zero attached hydrogens (tertiary/aromatic N) is 2. The van der Waals surface area contributed by atoms with Crippen molar-refractivity contribution in [3.63, 3.8) is 0 Å². The maximum Gasteiger partial charge on any atom is 0.326 e. The fourth-order valence-corrected chi connectivity index (χ4v) is 4.80. The van der Waals surface area contributed by atoms with Crippen molar-refractivity contribution in [2.24, 2.45) is 5.92 Å². The monoisotopic (exact) mass is 372 g/mol. The minimum Gasteiger partial charge on any atom is -0.480 e. The first-order valence-corrected chi connectivity index (χ1v) is 10.4.